The standard InChI is InChI=1S/C15H18N4O2/c1-19-6-7-20-13(9-19)14-17-15(21-18-14)12-8-10-4-2-3-5-11(10)16-12/h2-5,12-13,16H,6-9H2,1H3/t12-,13?/m0/s1. The minimum Gasteiger partial charge on any atom is -0.373 e. The molecule has 6 nitrogen and oxygen atoms in total. The first-order chi connectivity index (χ1) is 10.3. The molecule has 4 rings (SSSR count). The van der Waals surface area contributed by atoms with E-state index in [9.17, 15) is 0 Å². The van der Waals surface area contributed by atoms with E-state index in [1.165, 1.54) is 5.56 Å². The summed E-state index contributed by atoms with van der Waals surface area (Å²) in [5.74, 6) is 1.28. The number of fused-ring (bicyclic) bond motifs is 1. The van der Waals surface area contributed by atoms with Crippen LogP contribution in [0.5, 0.6) is 0 Å². The Labute approximate surface area is 123 Å². The third-order valence-corrected chi connectivity index (χ3v) is 4.08. The number of anilines is 1. The summed E-state index contributed by atoms with van der Waals surface area (Å²) in [7, 11) is 2.08. The van der Waals surface area contributed by atoms with Crippen molar-refractivity contribution in [3.8, 4) is 0 Å². The van der Waals surface area contributed by atoms with Crippen LogP contribution in [0.25, 0.3) is 0 Å². The van der Waals surface area contributed by atoms with Gasteiger partial charge in [-0.15, -0.1) is 0 Å². The number of rotatable bonds is 2. The zero-order valence-corrected chi connectivity index (χ0v) is 12.0. The summed E-state index contributed by atoms with van der Waals surface area (Å²) in [6.07, 6.45) is 0.786. The van der Waals surface area contributed by atoms with Gasteiger partial charge in [0.15, 0.2) is 0 Å². The number of hydrogen-bond acceptors (Lipinski definition) is 6. The van der Waals surface area contributed by atoms with Gasteiger partial charge in [0.2, 0.25) is 11.7 Å². The molecule has 1 fully saturated rings. The van der Waals surface area contributed by atoms with Gasteiger partial charge in [0, 0.05) is 25.2 Å². The van der Waals surface area contributed by atoms with Gasteiger partial charge in [-0.25, -0.2) is 0 Å². The van der Waals surface area contributed by atoms with Crippen molar-refractivity contribution in [3.05, 3.63) is 41.5 Å². The Hall–Kier alpha value is -1.92. The average molecular weight is 286 g/mol. The zero-order chi connectivity index (χ0) is 14.2. The lowest BCUT2D eigenvalue weighted by molar-refractivity contribution is -0.0264. The van der Waals surface area contributed by atoms with Crippen LogP contribution in [0.2, 0.25) is 0 Å². The maximum Gasteiger partial charge on any atom is 0.249 e. The second-order valence-corrected chi connectivity index (χ2v) is 5.67. The highest BCUT2D eigenvalue weighted by Gasteiger charge is 2.29. The molecule has 1 saturated heterocycles. The SMILES string of the molecule is CN1CCOC(c2noc([C@@H]3Cc4ccccc4N3)n2)C1. The number of nitrogens with one attached hydrogen (secondary N) is 1. The van der Waals surface area contributed by atoms with Gasteiger partial charge in [0.1, 0.15) is 12.1 Å². The molecule has 0 aliphatic carbocycles. The number of hydrogen-bond donors (Lipinski definition) is 1. The number of nitrogens with zero attached hydrogens (tertiary/aromatic N) is 3. The van der Waals surface area contributed by atoms with E-state index >= 15 is 0 Å². The Morgan fingerprint density at radius 2 is 2.24 bits per heavy atom. The lowest BCUT2D eigenvalue weighted by atomic mass is 10.1. The molecule has 1 unspecified atom stereocenters. The fraction of sp³-hybridized carbons (Fsp3) is 0.467. The number of likely N-dealkylation sites (N-methyl/N-ethyl adjacent to an activating group) is 1. The fourth-order valence-electron chi connectivity index (χ4n) is 2.90. The molecule has 2 aliphatic heterocycles. The van der Waals surface area contributed by atoms with Crippen molar-refractivity contribution in [2.75, 3.05) is 32.1 Å². The second-order valence-electron chi connectivity index (χ2n) is 5.67. The van der Waals surface area contributed by atoms with Gasteiger partial charge in [-0.1, -0.05) is 23.4 Å². The minimum absolute atomic E-state index is 0.0602. The first-order valence-electron chi connectivity index (χ1n) is 7.27. The van der Waals surface area contributed by atoms with Crippen LogP contribution in [0, 0.1) is 0 Å². The van der Waals surface area contributed by atoms with Crippen LogP contribution >= 0.6 is 0 Å². The predicted molar refractivity (Wildman–Crippen MR) is 77.0 cm³/mol. The molecule has 0 saturated carbocycles. The van der Waals surface area contributed by atoms with Gasteiger partial charge in [-0.3, -0.25) is 0 Å². The van der Waals surface area contributed by atoms with E-state index in [1.54, 1.807) is 0 Å². The van der Waals surface area contributed by atoms with Crippen LogP contribution in [-0.2, 0) is 11.2 Å². The van der Waals surface area contributed by atoms with Crippen molar-refractivity contribution in [1.82, 2.24) is 15.0 Å². The van der Waals surface area contributed by atoms with Crippen LogP contribution in [0.4, 0.5) is 5.69 Å². The second kappa shape index (κ2) is 5.13. The van der Waals surface area contributed by atoms with Crippen LogP contribution < -0.4 is 5.32 Å². The van der Waals surface area contributed by atoms with Gasteiger partial charge in [0.05, 0.1) is 6.61 Å². The van der Waals surface area contributed by atoms with Crippen LogP contribution in [0.15, 0.2) is 28.8 Å². The lowest BCUT2D eigenvalue weighted by Crippen LogP contribution is -2.35. The van der Waals surface area contributed by atoms with Gasteiger partial charge in [-0.2, -0.15) is 4.98 Å². The molecule has 0 amide bonds. The van der Waals surface area contributed by atoms with Crippen molar-refractivity contribution in [1.29, 1.82) is 0 Å². The molecule has 3 heterocycles. The molecular weight excluding hydrogens is 268 g/mol. The summed E-state index contributed by atoms with van der Waals surface area (Å²) in [5.41, 5.74) is 2.44. The Kier molecular flexibility index (Phi) is 3.12. The van der Waals surface area contributed by atoms with E-state index in [0.29, 0.717) is 18.3 Å². The molecule has 2 aliphatic rings. The van der Waals surface area contributed by atoms with E-state index in [-0.39, 0.29) is 12.1 Å². The lowest BCUT2D eigenvalue weighted by Gasteiger charge is -2.27. The smallest absolute Gasteiger partial charge is 0.249 e. The monoisotopic (exact) mass is 286 g/mol. The molecular formula is C15H18N4O2. The highest BCUT2D eigenvalue weighted by molar-refractivity contribution is 5.56. The van der Waals surface area contributed by atoms with Gasteiger partial charge in [0.25, 0.3) is 0 Å². The van der Waals surface area contributed by atoms with E-state index in [2.05, 4.69) is 39.5 Å². The molecule has 1 aromatic heterocycles. The summed E-state index contributed by atoms with van der Waals surface area (Å²) in [6.45, 7) is 2.45. The quantitative estimate of drug-likeness (QED) is 0.908. The van der Waals surface area contributed by atoms with Crippen molar-refractivity contribution < 1.29 is 9.26 Å². The highest BCUT2D eigenvalue weighted by atomic mass is 16.5. The van der Waals surface area contributed by atoms with Crippen molar-refractivity contribution in [2.45, 2.75) is 18.6 Å². The molecule has 0 radical (unpaired) electrons. The largest absolute Gasteiger partial charge is 0.373 e. The molecule has 110 valence electrons. The first kappa shape index (κ1) is 12.8. The number of benzene rings is 1. The fourth-order valence-corrected chi connectivity index (χ4v) is 2.90. The van der Waals surface area contributed by atoms with Crippen molar-refractivity contribution >= 4 is 5.69 Å². The summed E-state index contributed by atoms with van der Waals surface area (Å²) in [4.78, 5) is 6.76. The predicted octanol–water partition coefficient (Wildman–Crippen LogP) is 1.78. The number of morpholine rings is 1. The van der Waals surface area contributed by atoms with Crippen LogP contribution in [0.1, 0.15) is 29.4 Å². The molecule has 1 aromatic carbocycles. The van der Waals surface area contributed by atoms with Crippen molar-refractivity contribution in [3.63, 3.8) is 0 Å². The summed E-state index contributed by atoms with van der Waals surface area (Å²) in [6, 6.07) is 8.34. The molecule has 6 heteroatoms. The van der Waals surface area contributed by atoms with Crippen molar-refractivity contribution in [2.24, 2.45) is 0 Å². The summed E-state index contributed by atoms with van der Waals surface area (Å²) in [5, 5.41) is 7.53. The topological polar surface area (TPSA) is 63.4 Å². The van der Waals surface area contributed by atoms with E-state index < -0.39 is 0 Å². The van der Waals surface area contributed by atoms with Gasteiger partial charge < -0.3 is 19.5 Å². The highest BCUT2D eigenvalue weighted by Crippen LogP contribution is 2.33. The average Bonchev–Trinajstić information content (AvgIpc) is 3.14. The molecule has 0 bridgehead atoms. The third kappa shape index (κ3) is 2.41. The van der Waals surface area contributed by atoms with Crippen LogP contribution in [-0.4, -0.2) is 41.8 Å². The molecule has 2 atom stereocenters. The zero-order valence-electron chi connectivity index (χ0n) is 12.0. The summed E-state index contributed by atoms with van der Waals surface area (Å²) < 4.78 is 11.2. The first-order valence-corrected chi connectivity index (χ1v) is 7.27. The Balaban J connectivity index is 1.51. The number of aromatic nitrogens is 2. The number of ether oxygens (including phenoxy) is 1. The molecule has 1 N–H and O–H groups in total. The Bertz CT molecular complexity index is 617. The maximum absolute atomic E-state index is 5.73. The third-order valence-electron chi connectivity index (χ3n) is 4.08. The Morgan fingerprint density at radius 3 is 3.10 bits per heavy atom. The van der Waals surface area contributed by atoms with Gasteiger partial charge in [-0.05, 0) is 18.7 Å². The van der Waals surface area contributed by atoms with E-state index in [4.69, 9.17) is 9.26 Å². The molecule has 0 spiro atoms. The number of para-hydroxylation sites is 1. The van der Waals surface area contributed by atoms with E-state index in [0.717, 1.165) is 25.2 Å². The van der Waals surface area contributed by atoms with Crippen LogP contribution in [0.3, 0.4) is 0 Å². The maximum atomic E-state index is 5.73. The summed E-state index contributed by atoms with van der Waals surface area (Å²) >= 11 is 0. The minimum atomic E-state index is -0.0926. The normalized spacial score (nSPS) is 25.6. The van der Waals surface area contributed by atoms with Gasteiger partial charge >= 0.3 is 0 Å². The molecule has 2 aromatic rings. The Morgan fingerprint density at radius 1 is 1.33 bits per heavy atom. The van der Waals surface area contributed by atoms with E-state index in [1.807, 2.05) is 12.1 Å². The molecule has 21 heavy (non-hydrogen) atoms.